The summed E-state index contributed by atoms with van der Waals surface area (Å²) >= 11 is 0. The molecule has 0 saturated carbocycles. The number of carbonyl (C=O) groups excluding carboxylic acids is 1. The van der Waals surface area contributed by atoms with Crippen molar-refractivity contribution in [3.63, 3.8) is 0 Å². The first kappa shape index (κ1) is 24.4. The number of hydrogen-bond donors (Lipinski definition) is 1. The molecule has 4 rings (SSSR count). The van der Waals surface area contributed by atoms with Crippen molar-refractivity contribution in [2.24, 2.45) is 0 Å². The van der Waals surface area contributed by atoms with Crippen LogP contribution in [0.3, 0.4) is 0 Å². The van der Waals surface area contributed by atoms with Crippen LogP contribution in [0.15, 0.2) is 36.9 Å². The van der Waals surface area contributed by atoms with Gasteiger partial charge in [0, 0.05) is 26.7 Å². The van der Waals surface area contributed by atoms with Gasteiger partial charge in [-0.3, -0.25) is 4.90 Å². The number of H-pyrrole nitrogens is 1. The van der Waals surface area contributed by atoms with E-state index >= 15 is 0 Å². The number of allylic oxidation sites excluding steroid dienone is 1. The van der Waals surface area contributed by atoms with Crippen molar-refractivity contribution < 1.29 is 9.53 Å². The van der Waals surface area contributed by atoms with Crippen molar-refractivity contribution in [1.82, 2.24) is 14.5 Å². The Hall–Kier alpha value is -3.75. The molecule has 0 atom stereocenters. The zero-order chi connectivity index (χ0) is 25.5. The number of nitrogens with one attached hydrogen (secondary N) is 1. The lowest BCUT2D eigenvalue weighted by molar-refractivity contribution is 0.0551. The minimum absolute atomic E-state index is 0.412. The lowest BCUT2D eigenvalue weighted by atomic mass is 9.98. The molecule has 5 heteroatoms. The standard InChI is InChI=1S/C30H33N3O2/c1-9-14-20-23(10-2)31-27-19(3)25-21-15-11-12-17-24(21)33(29(34)35-30(4,5)6)28(25)22(26(20)27)16-13-18-32(7)8/h9-12,14-15,17,31H,1,18H2,2-8H3/b20-14+,23-10+. The zero-order valence-electron chi connectivity index (χ0n) is 21.7. The molecular weight excluding hydrogens is 434 g/mol. The highest BCUT2D eigenvalue weighted by Gasteiger charge is 2.26. The van der Waals surface area contributed by atoms with Crippen LogP contribution in [0, 0.1) is 18.8 Å². The third kappa shape index (κ3) is 4.26. The normalized spacial score (nSPS) is 13.1. The maximum atomic E-state index is 13.6. The van der Waals surface area contributed by atoms with Gasteiger partial charge in [0.05, 0.1) is 28.7 Å². The van der Waals surface area contributed by atoms with Gasteiger partial charge in [-0.15, -0.1) is 0 Å². The number of hydrogen-bond acceptors (Lipinski definition) is 3. The van der Waals surface area contributed by atoms with Gasteiger partial charge in [0.2, 0.25) is 0 Å². The average Bonchev–Trinajstić information content (AvgIpc) is 3.31. The Bertz CT molecular complexity index is 1660. The summed E-state index contributed by atoms with van der Waals surface area (Å²) in [6.07, 6.45) is 5.42. The number of para-hydroxylation sites is 1. The molecule has 2 aromatic heterocycles. The largest absolute Gasteiger partial charge is 0.443 e. The lowest BCUT2D eigenvalue weighted by Gasteiger charge is -2.20. The molecule has 0 bridgehead atoms. The van der Waals surface area contributed by atoms with Crippen LogP contribution < -0.4 is 10.6 Å². The fourth-order valence-corrected chi connectivity index (χ4v) is 4.60. The second-order valence-electron chi connectivity index (χ2n) is 9.99. The van der Waals surface area contributed by atoms with E-state index in [4.69, 9.17) is 4.74 Å². The Morgan fingerprint density at radius 3 is 2.57 bits per heavy atom. The first-order valence-corrected chi connectivity index (χ1v) is 11.8. The number of carbonyl (C=O) groups is 1. The molecule has 5 nitrogen and oxygen atoms in total. The van der Waals surface area contributed by atoms with Crippen molar-refractivity contribution in [2.45, 2.75) is 40.2 Å². The van der Waals surface area contributed by atoms with E-state index in [1.54, 1.807) is 10.6 Å². The number of aromatic amines is 1. The Labute approximate surface area is 206 Å². The maximum Gasteiger partial charge on any atom is 0.419 e. The average molecular weight is 468 g/mol. The summed E-state index contributed by atoms with van der Waals surface area (Å²) in [6, 6.07) is 7.97. The Kier molecular flexibility index (Phi) is 6.36. The van der Waals surface area contributed by atoms with E-state index in [0.29, 0.717) is 6.54 Å². The van der Waals surface area contributed by atoms with Gasteiger partial charge in [-0.05, 0) is 60.3 Å². The number of nitrogens with zero attached hydrogens (tertiary/aromatic N) is 2. The SMILES string of the molecule is C=C/C=c1\c(=C/C)[nH]c2c(C)c3c4ccccc4n(C(=O)OC(C)(C)C)c3c(C#CCN(C)C)c12. The second-order valence-corrected chi connectivity index (χ2v) is 9.99. The summed E-state index contributed by atoms with van der Waals surface area (Å²) in [6.45, 7) is 14.3. The molecule has 0 aliphatic rings. The predicted octanol–water partition coefficient (Wildman–Crippen LogP) is 5.05. The Morgan fingerprint density at radius 2 is 1.94 bits per heavy atom. The molecule has 0 spiro atoms. The van der Waals surface area contributed by atoms with Crippen molar-refractivity contribution in [3.8, 4) is 11.8 Å². The molecule has 180 valence electrons. The van der Waals surface area contributed by atoms with E-state index in [2.05, 4.69) is 42.5 Å². The molecule has 0 amide bonds. The monoisotopic (exact) mass is 467 g/mol. The molecule has 35 heavy (non-hydrogen) atoms. The third-order valence-electron chi connectivity index (χ3n) is 5.94. The van der Waals surface area contributed by atoms with Crippen molar-refractivity contribution >= 4 is 51.0 Å². The number of aromatic nitrogens is 2. The quantitative estimate of drug-likeness (QED) is 0.420. The van der Waals surface area contributed by atoms with Gasteiger partial charge < -0.3 is 9.72 Å². The van der Waals surface area contributed by atoms with Gasteiger partial charge in [-0.25, -0.2) is 9.36 Å². The molecule has 0 unspecified atom stereocenters. The maximum absolute atomic E-state index is 13.6. The molecule has 2 aromatic carbocycles. The van der Waals surface area contributed by atoms with Crippen LogP contribution in [0.25, 0.3) is 44.9 Å². The number of aryl methyl sites for hydroxylation is 1. The molecule has 0 aliphatic heterocycles. The topological polar surface area (TPSA) is 50.3 Å². The van der Waals surface area contributed by atoms with E-state index < -0.39 is 11.7 Å². The zero-order valence-corrected chi connectivity index (χ0v) is 21.7. The van der Waals surface area contributed by atoms with Crippen LogP contribution in [-0.2, 0) is 4.74 Å². The summed E-state index contributed by atoms with van der Waals surface area (Å²) in [7, 11) is 3.98. The minimum Gasteiger partial charge on any atom is -0.443 e. The summed E-state index contributed by atoms with van der Waals surface area (Å²) in [4.78, 5) is 19.3. The highest BCUT2D eigenvalue weighted by atomic mass is 16.6. The lowest BCUT2D eigenvalue weighted by Crippen LogP contribution is -2.27. The van der Waals surface area contributed by atoms with Gasteiger partial charge in [0.15, 0.2) is 0 Å². The van der Waals surface area contributed by atoms with Crippen LogP contribution in [0.1, 0.15) is 38.8 Å². The summed E-state index contributed by atoms with van der Waals surface area (Å²) in [5.41, 5.74) is 3.84. The van der Waals surface area contributed by atoms with Crippen LogP contribution in [0.4, 0.5) is 4.79 Å². The molecular formula is C30H33N3O2. The van der Waals surface area contributed by atoms with Crippen LogP contribution >= 0.6 is 0 Å². The number of benzene rings is 2. The summed E-state index contributed by atoms with van der Waals surface area (Å²) in [5.74, 6) is 6.74. The van der Waals surface area contributed by atoms with Gasteiger partial charge in [0.25, 0.3) is 0 Å². The molecule has 0 saturated heterocycles. The molecule has 1 N–H and O–H groups in total. The van der Waals surface area contributed by atoms with E-state index in [0.717, 1.165) is 54.4 Å². The highest BCUT2D eigenvalue weighted by molar-refractivity contribution is 6.20. The molecule has 2 heterocycles. The van der Waals surface area contributed by atoms with Gasteiger partial charge >= 0.3 is 6.09 Å². The first-order valence-electron chi connectivity index (χ1n) is 11.8. The van der Waals surface area contributed by atoms with Crippen molar-refractivity contribution in [3.05, 3.63) is 58.6 Å². The molecule has 0 radical (unpaired) electrons. The van der Waals surface area contributed by atoms with E-state index in [-0.39, 0.29) is 0 Å². The smallest absolute Gasteiger partial charge is 0.419 e. The molecule has 4 aromatic rings. The van der Waals surface area contributed by atoms with Crippen LogP contribution in [0.2, 0.25) is 0 Å². The Balaban J connectivity index is 2.33. The van der Waals surface area contributed by atoms with Crippen molar-refractivity contribution in [2.75, 3.05) is 20.6 Å². The summed E-state index contributed by atoms with van der Waals surface area (Å²) in [5, 5.41) is 5.00. The minimum atomic E-state index is -0.634. The predicted molar refractivity (Wildman–Crippen MR) is 147 cm³/mol. The second kappa shape index (κ2) is 9.13. The van der Waals surface area contributed by atoms with E-state index in [1.807, 2.05) is 71.0 Å². The van der Waals surface area contributed by atoms with Crippen molar-refractivity contribution in [1.29, 1.82) is 0 Å². The molecule has 0 aliphatic carbocycles. The fourth-order valence-electron chi connectivity index (χ4n) is 4.60. The number of fused-ring (bicyclic) bond motifs is 4. The van der Waals surface area contributed by atoms with E-state index in [9.17, 15) is 4.79 Å². The number of rotatable bonds is 2. The number of ether oxygens (including phenoxy) is 1. The third-order valence-corrected chi connectivity index (χ3v) is 5.94. The van der Waals surface area contributed by atoms with Crippen LogP contribution in [0.5, 0.6) is 0 Å². The first-order chi connectivity index (χ1) is 16.6. The Morgan fingerprint density at radius 1 is 1.23 bits per heavy atom. The summed E-state index contributed by atoms with van der Waals surface area (Å²) < 4.78 is 7.58. The van der Waals surface area contributed by atoms with Gasteiger partial charge in [0.1, 0.15) is 5.60 Å². The van der Waals surface area contributed by atoms with Crippen LogP contribution in [-0.4, -0.2) is 46.8 Å². The highest BCUT2D eigenvalue weighted by Crippen LogP contribution is 2.37. The molecule has 0 fully saturated rings. The fraction of sp³-hybridized carbons (Fsp3) is 0.300. The van der Waals surface area contributed by atoms with E-state index in [1.165, 1.54) is 0 Å². The van der Waals surface area contributed by atoms with Gasteiger partial charge in [-0.1, -0.05) is 54.8 Å². The van der Waals surface area contributed by atoms with Gasteiger partial charge in [-0.2, -0.15) is 0 Å².